The van der Waals surface area contributed by atoms with Gasteiger partial charge in [-0.15, -0.1) is 0 Å². The molecule has 2 heterocycles. The molecule has 8 heteroatoms. The summed E-state index contributed by atoms with van der Waals surface area (Å²) in [7, 11) is 0. The second-order valence-corrected chi connectivity index (χ2v) is 5.11. The molecule has 0 spiro atoms. The van der Waals surface area contributed by atoms with Crippen molar-refractivity contribution in [1.29, 1.82) is 0 Å². The minimum absolute atomic E-state index is 0.136. The fraction of sp³-hybridized carbons (Fsp3) is 0. The molecule has 6 nitrogen and oxygen atoms in total. The number of hydrogen-bond donors (Lipinski definition) is 1. The molecule has 0 fully saturated rings. The number of nitrogens with one attached hydrogen (secondary N) is 1. The van der Waals surface area contributed by atoms with Crippen molar-refractivity contribution in [3.63, 3.8) is 0 Å². The summed E-state index contributed by atoms with van der Waals surface area (Å²) < 4.78 is 8.53. The Kier molecular flexibility index (Phi) is 3.25. The van der Waals surface area contributed by atoms with Crippen molar-refractivity contribution in [2.75, 3.05) is 5.32 Å². The molecule has 94 valence electrons. The SMILES string of the molecule is O=C(Nc1cccc2c1N=[Se]=N2)c1cnc(Cl)cn1. The number of benzene rings is 1. The topological polar surface area (TPSA) is 79.6 Å². The molecule has 0 aliphatic carbocycles. The Morgan fingerprint density at radius 3 is 2.89 bits per heavy atom. The molecule has 1 amide bonds. The standard InChI is InChI=1S/C11H6ClN5OSe/c12-9-5-13-8(4-14-9)11(18)15-6-2-1-3-7-10(6)17-19-16-7/h1-5H,(H,15,18). The zero-order valence-corrected chi connectivity index (χ0v) is 11.8. The molecular weight excluding hydrogens is 333 g/mol. The summed E-state index contributed by atoms with van der Waals surface area (Å²) in [6.07, 6.45) is 2.65. The molecule has 2 aromatic rings. The van der Waals surface area contributed by atoms with Crippen LogP contribution in [0.1, 0.15) is 10.5 Å². The van der Waals surface area contributed by atoms with Crippen LogP contribution in [0.4, 0.5) is 17.1 Å². The summed E-state index contributed by atoms with van der Waals surface area (Å²) in [6, 6.07) is 5.47. The maximum absolute atomic E-state index is 12.0. The normalized spacial score (nSPS) is 11.8. The molecule has 1 aliphatic rings. The number of hydrogen-bond acceptors (Lipinski definition) is 5. The number of nitrogens with zero attached hydrogens (tertiary/aromatic N) is 4. The first kappa shape index (κ1) is 12.2. The van der Waals surface area contributed by atoms with Gasteiger partial charge in [-0.05, 0) is 0 Å². The number of aromatic nitrogens is 2. The summed E-state index contributed by atoms with van der Waals surface area (Å²) in [5.74, 6) is -0.354. The monoisotopic (exact) mass is 339 g/mol. The van der Waals surface area contributed by atoms with Gasteiger partial charge in [0.25, 0.3) is 0 Å². The van der Waals surface area contributed by atoms with Crippen LogP contribution < -0.4 is 5.32 Å². The molecule has 19 heavy (non-hydrogen) atoms. The van der Waals surface area contributed by atoms with Crippen molar-refractivity contribution >= 4 is 49.1 Å². The van der Waals surface area contributed by atoms with Gasteiger partial charge >= 0.3 is 119 Å². The Morgan fingerprint density at radius 2 is 2.11 bits per heavy atom. The second-order valence-electron chi connectivity index (χ2n) is 3.62. The number of carbonyl (C=O) groups excluding carboxylic acids is 1. The van der Waals surface area contributed by atoms with Crippen molar-refractivity contribution in [2.24, 2.45) is 7.92 Å². The van der Waals surface area contributed by atoms with Crippen LogP contribution in [-0.2, 0) is 0 Å². The van der Waals surface area contributed by atoms with Crippen LogP contribution in [0.5, 0.6) is 0 Å². The zero-order chi connectivity index (χ0) is 13.2. The van der Waals surface area contributed by atoms with E-state index in [-0.39, 0.29) is 31.3 Å². The molecule has 1 aliphatic heterocycles. The average Bonchev–Trinajstić information content (AvgIpc) is 2.89. The van der Waals surface area contributed by atoms with Crippen LogP contribution in [0, 0.1) is 0 Å². The Hall–Kier alpha value is -1.82. The Labute approximate surface area is 119 Å². The number of carbonyl (C=O) groups is 1. The molecule has 1 N–H and O–H groups in total. The first-order valence-corrected chi connectivity index (χ1v) is 7.15. The molecule has 0 atom stereocenters. The molecular formula is C11H6ClN5OSe. The van der Waals surface area contributed by atoms with Crippen molar-refractivity contribution in [1.82, 2.24) is 9.97 Å². The van der Waals surface area contributed by atoms with Crippen LogP contribution >= 0.6 is 11.6 Å². The molecule has 0 unspecified atom stereocenters. The molecule has 0 radical (unpaired) electrons. The van der Waals surface area contributed by atoms with E-state index in [2.05, 4.69) is 23.2 Å². The third-order valence-electron chi connectivity index (χ3n) is 2.39. The van der Waals surface area contributed by atoms with E-state index in [1.165, 1.54) is 12.4 Å². The Bertz CT molecular complexity index is 724. The fourth-order valence-corrected chi connectivity index (χ4v) is 2.77. The quantitative estimate of drug-likeness (QED) is 0.730. The van der Waals surface area contributed by atoms with Crippen LogP contribution in [0.15, 0.2) is 38.5 Å². The fourth-order valence-electron chi connectivity index (χ4n) is 1.52. The van der Waals surface area contributed by atoms with Crippen LogP contribution in [0.3, 0.4) is 0 Å². The van der Waals surface area contributed by atoms with Gasteiger partial charge < -0.3 is 0 Å². The number of halogens is 1. The van der Waals surface area contributed by atoms with Gasteiger partial charge in [0.1, 0.15) is 0 Å². The summed E-state index contributed by atoms with van der Waals surface area (Å²) in [5.41, 5.74) is 2.35. The number of amides is 1. The van der Waals surface area contributed by atoms with E-state index in [1.807, 2.05) is 12.1 Å². The Balaban J connectivity index is 1.86. The maximum atomic E-state index is 12.0. The predicted octanol–water partition coefficient (Wildman–Crippen LogP) is 2.73. The summed E-state index contributed by atoms with van der Waals surface area (Å²) in [6.45, 7) is 0. The summed E-state index contributed by atoms with van der Waals surface area (Å²) in [5, 5.41) is 2.99. The van der Waals surface area contributed by atoms with Gasteiger partial charge in [0, 0.05) is 0 Å². The van der Waals surface area contributed by atoms with Gasteiger partial charge in [0.05, 0.1) is 0 Å². The van der Waals surface area contributed by atoms with E-state index in [4.69, 9.17) is 11.6 Å². The summed E-state index contributed by atoms with van der Waals surface area (Å²) >= 11 is 5.49. The van der Waals surface area contributed by atoms with Crippen molar-refractivity contribution in [3.8, 4) is 0 Å². The van der Waals surface area contributed by atoms with Gasteiger partial charge in [0.2, 0.25) is 0 Å². The minimum atomic E-state index is -0.354. The third-order valence-corrected chi connectivity index (χ3v) is 3.72. The van der Waals surface area contributed by atoms with Gasteiger partial charge in [-0.2, -0.15) is 0 Å². The van der Waals surface area contributed by atoms with Crippen LogP contribution in [0.2, 0.25) is 5.15 Å². The molecule has 0 saturated carbocycles. The molecule has 1 aromatic heterocycles. The number of fused-ring (bicyclic) bond motifs is 1. The van der Waals surface area contributed by atoms with Gasteiger partial charge in [-0.25, -0.2) is 0 Å². The van der Waals surface area contributed by atoms with E-state index < -0.39 is 0 Å². The second kappa shape index (κ2) is 5.05. The van der Waals surface area contributed by atoms with Crippen molar-refractivity contribution < 1.29 is 4.79 Å². The average molecular weight is 339 g/mol. The van der Waals surface area contributed by atoms with E-state index in [1.54, 1.807) is 6.07 Å². The first-order chi connectivity index (χ1) is 9.24. The summed E-state index contributed by atoms with van der Waals surface area (Å²) in [4.78, 5) is 19.7. The van der Waals surface area contributed by atoms with Crippen molar-refractivity contribution in [2.45, 2.75) is 0 Å². The van der Waals surface area contributed by atoms with Crippen LogP contribution in [-0.4, -0.2) is 30.4 Å². The predicted molar refractivity (Wildman–Crippen MR) is 71.4 cm³/mol. The third kappa shape index (κ3) is 2.49. The van der Waals surface area contributed by atoms with E-state index in [9.17, 15) is 4.79 Å². The zero-order valence-electron chi connectivity index (χ0n) is 9.37. The first-order valence-electron chi connectivity index (χ1n) is 5.24. The van der Waals surface area contributed by atoms with E-state index >= 15 is 0 Å². The van der Waals surface area contributed by atoms with Crippen molar-refractivity contribution in [3.05, 3.63) is 41.4 Å². The molecule has 3 rings (SSSR count). The van der Waals surface area contributed by atoms with Gasteiger partial charge in [-0.1, -0.05) is 0 Å². The van der Waals surface area contributed by atoms with Crippen LogP contribution in [0.25, 0.3) is 0 Å². The molecule has 0 saturated heterocycles. The molecule has 0 bridgehead atoms. The molecule has 1 aromatic carbocycles. The van der Waals surface area contributed by atoms with Gasteiger partial charge in [-0.3, -0.25) is 0 Å². The van der Waals surface area contributed by atoms with E-state index in [0.717, 1.165) is 11.4 Å². The Morgan fingerprint density at radius 1 is 1.21 bits per heavy atom. The van der Waals surface area contributed by atoms with Gasteiger partial charge in [0.15, 0.2) is 0 Å². The number of rotatable bonds is 2. The van der Waals surface area contributed by atoms with E-state index in [0.29, 0.717) is 5.69 Å². The number of anilines is 1.